The van der Waals surface area contributed by atoms with Crippen LogP contribution < -0.4 is 11.1 Å². The van der Waals surface area contributed by atoms with Crippen molar-refractivity contribution in [1.29, 1.82) is 0 Å². The summed E-state index contributed by atoms with van der Waals surface area (Å²) in [5, 5.41) is 11.6. The minimum Gasteiger partial charge on any atom is -0.476 e. The molecule has 1 amide bonds. The molecule has 2 aromatic heterocycles. The predicted molar refractivity (Wildman–Crippen MR) is 68.2 cm³/mol. The van der Waals surface area contributed by atoms with Crippen LogP contribution in [-0.2, 0) is 6.54 Å². The number of anilines is 1. The second-order valence-electron chi connectivity index (χ2n) is 3.85. The van der Waals surface area contributed by atoms with Crippen LogP contribution in [0.4, 0.5) is 5.82 Å². The van der Waals surface area contributed by atoms with E-state index in [9.17, 15) is 9.59 Å². The summed E-state index contributed by atoms with van der Waals surface area (Å²) in [6.07, 6.45) is 5.64. The van der Waals surface area contributed by atoms with Gasteiger partial charge < -0.3 is 20.7 Å². The highest BCUT2D eigenvalue weighted by molar-refractivity contribution is 5.95. The highest BCUT2D eigenvalue weighted by Gasteiger charge is 2.10. The van der Waals surface area contributed by atoms with Crippen molar-refractivity contribution < 1.29 is 14.7 Å². The lowest BCUT2D eigenvalue weighted by molar-refractivity contribution is 0.0690. The number of nitrogens with one attached hydrogen (secondary N) is 1. The summed E-state index contributed by atoms with van der Waals surface area (Å²) in [5.41, 5.74) is 5.21. The lowest BCUT2D eigenvalue weighted by Crippen LogP contribution is -2.19. The van der Waals surface area contributed by atoms with Crippen LogP contribution in [0.1, 0.15) is 21.0 Å². The van der Waals surface area contributed by atoms with Crippen LogP contribution in [0.2, 0.25) is 0 Å². The van der Waals surface area contributed by atoms with Gasteiger partial charge in [0.2, 0.25) is 0 Å². The molecule has 0 fully saturated rings. The van der Waals surface area contributed by atoms with Crippen LogP contribution in [-0.4, -0.2) is 43.0 Å². The molecule has 2 aromatic rings. The largest absolute Gasteiger partial charge is 0.476 e. The van der Waals surface area contributed by atoms with Gasteiger partial charge in [0, 0.05) is 31.7 Å². The number of nitrogens with zero attached hydrogens (tertiary/aromatic N) is 4. The van der Waals surface area contributed by atoms with E-state index in [2.05, 4.69) is 20.3 Å². The first-order valence-electron chi connectivity index (χ1n) is 5.67. The first-order chi connectivity index (χ1) is 9.58. The molecule has 0 radical (unpaired) electrons. The average molecular weight is 276 g/mol. The summed E-state index contributed by atoms with van der Waals surface area (Å²) in [4.78, 5) is 33.3. The Kier molecular flexibility index (Phi) is 3.89. The summed E-state index contributed by atoms with van der Waals surface area (Å²) in [6.45, 7) is 0.865. The van der Waals surface area contributed by atoms with Gasteiger partial charge >= 0.3 is 5.97 Å². The highest BCUT2D eigenvalue weighted by atomic mass is 16.4. The van der Waals surface area contributed by atoms with E-state index in [4.69, 9.17) is 10.8 Å². The van der Waals surface area contributed by atoms with Crippen LogP contribution in [0.5, 0.6) is 0 Å². The fraction of sp³-hybridized carbons (Fsp3) is 0.182. The van der Waals surface area contributed by atoms with Gasteiger partial charge in [-0.1, -0.05) is 0 Å². The van der Waals surface area contributed by atoms with Crippen molar-refractivity contribution >= 4 is 17.7 Å². The Morgan fingerprint density at radius 2 is 2.05 bits per heavy atom. The van der Waals surface area contributed by atoms with Crippen molar-refractivity contribution in [3.05, 3.63) is 36.3 Å². The first-order valence-corrected chi connectivity index (χ1v) is 5.67. The minimum atomic E-state index is -1.08. The van der Waals surface area contributed by atoms with Crippen LogP contribution in [0.15, 0.2) is 24.9 Å². The summed E-state index contributed by atoms with van der Waals surface area (Å²) >= 11 is 0. The van der Waals surface area contributed by atoms with Crippen LogP contribution in [0.3, 0.4) is 0 Å². The van der Waals surface area contributed by atoms with Crippen LogP contribution >= 0.6 is 0 Å². The second-order valence-corrected chi connectivity index (χ2v) is 3.85. The third-order valence-corrected chi connectivity index (χ3v) is 2.45. The molecular weight excluding hydrogens is 264 g/mol. The van der Waals surface area contributed by atoms with Gasteiger partial charge in [0.25, 0.3) is 5.91 Å². The third kappa shape index (κ3) is 3.07. The zero-order valence-corrected chi connectivity index (χ0v) is 10.4. The van der Waals surface area contributed by atoms with E-state index in [1.54, 1.807) is 4.57 Å². The number of carboxylic acid groups (broad SMARTS) is 1. The molecule has 9 heteroatoms. The molecule has 0 aromatic carbocycles. The molecule has 0 aliphatic carbocycles. The van der Waals surface area contributed by atoms with Gasteiger partial charge in [-0.3, -0.25) is 4.79 Å². The summed E-state index contributed by atoms with van der Waals surface area (Å²) < 4.78 is 1.61. The number of hydrogen-bond donors (Lipinski definition) is 3. The van der Waals surface area contributed by atoms with Gasteiger partial charge in [-0.15, -0.1) is 0 Å². The van der Waals surface area contributed by atoms with Gasteiger partial charge in [-0.05, 0) is 0 Å². The van der Waals surface area contributed by atoms with Crippen molar-refractivity contribution in [2.75, 3.05) is 11.9 Å². The topological polar surface area (TPSA) is 136 Å². The maximum Gasteiger partial charge on any atom is 0.356 e. The number of rotatable bonds is 6. The molecule has 0 aliphatic rings. The van der Waals surface area contributed by atoms with E-state index in [1.807, 2.05) is 0 Å². The molecule has 2 rings (SSSR count). The van der Waals surface area contributed by atoms with Crippen molar-refractivity contribution in [2.45, 2.75) is 6.54 Å². The van der Waals surface area contributed by atoms with E-state index >= 15 is 0 Å². The number of primary amides is 1. The number of amides is 1. The van der Waals surface area contributed by atoms with E-state index in [0.717, 1.165) is 0 Å². The fourth-order valence-electron chi connectivity index (χ4n) is 1.54. The summed E-state index contributed by atoms with van der Waals surface area (Å²) in [6, 6.07) is 0. The maximum absolute atomic E-state index is 11.1. The number of carboxylic acids is 1. The highest BCUT2D eigenvalue weighted by Crippen LogP contribution is 2.06. The Bertz CT molecular complexity index is 639. The van der Waals surface area contributed by atoms with Crippen LogP contribution in [0, 0.1) is 0 Å². The number of aromatic carboxylic acids is 1. The quantitative estimate of drug-likeness (QED) is 0.651. The maximum atomic E-state index is 11.1. The number of aromatic nitrogens is 4. The molecule has 20 heavy (non-hydrogen) atoms. The predicted octanol–water partition coefficient (Wildman–Crippen LogP) is -0.418. The zero-order chi connectivity index (χ0) is 14.5. The molecule has 0 atom stereocenters. The fourth-order valence-corrected chi connectivity index (χ4v) is 1.54. The van der Waals surface area contributed by atoms with E-state index in [-0.39, 0.29) is 11.4 Å². The minimum absolute atomic E-state index is 0.0256. The van der Waals surface area contributed by atoms with Crippen molar-refractivity contribution in [1.82, 2.24) is 19.5 Å². The van der Waals surface area contributed by atoms with Crippen molar-refractivity contribution in [2.24, 2.45) is 5.73 Å². The van der Waals surface area contributed by atoms with Gasteiger partial charge in [-0.25, -0.2) is 19.7 Å². The van der Waals surface area contributed by atoms with E-state index in [1.165, 1.54) is 24.9 Å². The molecule has 0 aliphatic heterocycles. The molecule has 2 heterocycles. The molecule has 0 spiro atoms. The average Bonchev–Trinajstić information content (AvgIpc) is 2.88. The second kappa shape index (κ2) is 5.78. The van der Waals surface area contributed by atoms with Gasteiger partial charge in [0.15, 0.2) is 17.2 Å². The van der Waals surface area contributed by atoms with Crippen molar-refractivity contribution in [3.63, 3.8) is 0 Å². The lowest BCUT2D eigenvalue weighted by atomic mass is 10.4. The standard InChI is InChI=1S/C11H12N6O3/c12-9(18)8-10(14-2-1-13-8)15-3-4-17-5-7(11(19)20)16-6-17/h1-2,5-6H,3-4H2,(H2,12,18)(H,14,15)(H,19,20). The van der Waals surface area contributed by atoms with E-state index in [0.29, 0.717) is 18.9 Å². The summed E-state index contributed by atoms with van der Waals surface area (Å²) in [5.74, 6) is -1.46. The Morgan fingerprint density at radius 1 is 1.30 bits per heavy atom. The monoisotopic (exact) mass is 276 g/mol. The normalized spacial score (nSPS) is 10.2. The zero-order valence-electron chi connectivity index (χ0n) is 10.4. The Morgan fingerprint density at radius 3 is 2.70 bits per heavy atom. The lowest BCUT2D eigenvalue weighted by Gasteiger charge is -2.07. The molecule has 9 nitrogen and oxygen atoms in total. The Balaban J connectivity index is 1.96. The molecule has 0 saturated heterocycles. The number of imidazole rings is 1. The SMILES string of the molecule is NC(=O)c1nccnc1NCCn1cnc(C(=O)O)c1. The molecule has 0 saturated carbocycles. The third-order valence-electron chi connectivity index (χ3n) is 2.45. The summed E-state index contributed by atoms with van der Waals surface area (Å²) in [7, 11) is 0. The first kappa shape index (κ1) is 13.5. The molecule has 104 valence electrons. The Hall–Kier alpha value is -2.97. The Labute approximate surface area is 113 Å². The number of carbonyl (C=O) groups is 2. The van der Waals surface area contributed by atoms with Gasteiger partial charge in [0.1, 0.15) is 0 Å². The van der Waals surface area contributed by atoms with Gasteiger partial charge in [0.05, 0.1) is 6.33 Å². The number of hydrogen-bond acceptors (Lipinski definition) is 6. The number of nitrogens with two attached hydrogens (primary N) is 1. The smallest absolute Gasteiger partial charge is 0.356 e. The van der Waals surface area contributed by atoms with Crippen molar-refractivity contribution in [3.8, 4) is 0 Å². The van der Waals surface area contributed by atoms with Gasteiger partial charge in [-0.2, -0.15) is 0 Å². The van der Waals surface area contributed by atoms with E-state index < -0.39 is 11.9 Å². The molecule has 4 N–H and O–H groups in total. The van der Waals surface area contributed by atoms with Crippen LogP contribution in [0.25, 0.3) is 0 Å². The molecule has 0 bridgehead atoms. The molecular formula is C11H12N6O3. The molecule has 0 unspecified atom stereocenters. The number of carbonyl (C=O) groups excluding carboxylic acids is 1.